The summed E-state index contributed by atoms with van der Waals surface area (Å²) >= 11 is 0. The minimum atomic E-state index is -4.64. The Morgan fingerprint density at radius 3 is 1.76 bits per heavy atom. The third-order valence-electron chi connectivity index (χ3n) is 2.84. The number of aliphatic imine (C=N–C) groups is 1. The second kappa shape index (κ2) is 14.3. The fraction of sp³-hybridized carbons (Fsp3) is 0.923. The molecule has 0 aromatic carbocycles. The number of phosphoric acid groups is 1. The lowest BCUT2D eigenvalue weighted by Crippen LogP contribution is -2.24. The number of unbranched alkanes of at least 4 members (excludes halogenated alkanes) is 7. The Balaban J connectivity index is 0. The highest BCUT2D eigenvalue weighted by atomic mass is 31.2. The molecule has 0 saturated carbocycles. The smallest absolute Gasteiger partial charge is 0.370 e. The van der Waals surface area contributed by atoms with Crippen molar-refractivity contribution in [2.75, 3.05) is 0 Å². The fourth-order valence-electron chi connectivity index (χ4n) is 1.89. The lowest BCUT2D eigenvalue weighted by atomic mass is 10.1. The quantitative estimate of drug-likeness (QED) is 0.180. The summed E-state index contributed by atoms with van der Waals surface area (Å²) in [5.74, 6) is 0.215. The normalized spacial score (nSPS) is 12.2. The summed E-state index contributed by atoms with van der Waals surface area (Å²) in [6.07, 6.45) is 11.9. The van der Waals surface area contributed by atoms with Gasteiger partial charge in [-0.2, -0.15) is 0 Å². The third-order valence-corrected chi connectivity index (χ3v) is 2.84. The van der Waals surface area contributed by atoms with Crippen LogP contribution in [-0.2, 0) is 4.57 Å². The predicted octanol–water partition coefficient (Wildman–Crippen LogP) is 2.25. The van der Waals surface area contributed by atoms with Crippen molar-refractivity contribution in [3.05, 3.63) is 0 Å². The molecule has 0 amide bonds. The summed E-state index contributed by atoms with van der Waals surface area (Å²) in [4.78, 5) is 25.7. The van der Waals surface area contributed by atoms with E-state index in [-0.39, 0.29) is 12.0 Å². The monoisotopic (exact) mass is 325 g/mol. The molecule has 128 valence electrons. The van der Waals surface area contributed by atoms with Gasteiger partial charge in [0.1, 0.15) is 0 Å². The predicted molar refractivity (Wildman–Crippen MR) is 86.8 cm³/mol. The van der Waals surface area contributed by atoms with Gasteiger partial charge >= 0.3 is 7.82 Å². The lowest BCUT2D eigenvalue weighted by Gasteiger charge is -2.06. The molecule has 0 fully saturated rings. The minimum absolute atomic E-state index is 0.215. The van der Waals surface area contributed by atoms with Crippen molar-refractivity contribution in [1.29, 1.82) is 0 Å². The van der Waals surface area contributed by atoms with Crippen LogP contribution in [0.25, 0.3) is 0 Å². The van der Waals surface area contributed by atoms with Crippen molar-refractivity contribution < 1.29 is 19.2 Å². The van der Waals surface area contributed by atoms with E-state index in [0.29, 0.717) is 0 Å². The van der Waals surface area contributed by atoms with Crippen molar-refractivity contribution >= 4 is 13.8 Å². The van der Waals surface area contributed by atoms with Crippen LogP contribution in [0.4, 0.5) is 0 Å². The largest absolute Gasteiger partial charge is 0.466 e. The van der Waals surface area contributed by atoms with Crippen molar-refractivity contribution in [2.24, 2.45) is 16.5 Å². The lowest BCUT2D eigenvalue weighted by molar-refractivity contribution is 0.275. The Labute approximate surface area is 128 Å². The molecule has 0 spiro atoms. The number of guanidine groups is 1. The van der Waals surface area contributed by atoms with Gasteiger partial charge in [0, 0.05) is 0 Å². The zero-order chi connectivity index (χ0) is 16.7. The Hall–Kier alpha value is -0.620. The summed E-state index contributed by atoms with van der Waals surface area (Å²) in [6, 6.07) is 0.282. The van der Waals surface area contributed by atoms with Gasteiger partial charge in [-0.25, -0.2) is 4.57 Å². The van der Waals surface area contributed by atoms with E-state index in [1.54, 1.807) is 0 Å². The maximum atomic E-state index is 8.88. The SMILES string of the molecule is CCCCCCCCCCC(C)N=C(N)N.O=P(O)(O)O. The van der Waals surface area contributed by atoms with Gasteiger partial charge in [-0.05, 0) is 13.3 Å². The fourth-order valence-corrected chi connectivity index (χ4v) is 1.89. The van der Waals surface area contributed by atoms with Gasteiger partial charge in [0.25, 0.3) is 0 Å². The Kier molecular flexibility index (Phi) is 15.5. The molecule has 0 radical (unpaired) electrons. The van der Waals surface area contributed by atoms with Gasteiger partial charge < -0.3 is 26.1 Å². The van der Waals surface area contributed by atoms with Crippen LogP contribution in [0, 0.1) is 0 Å². The number of hydrogen-bond acceptors (Lipinski definition) is 2. The average molecular weight is 325 g/mol. The van der Waals surface area contributed by atoms with E-state index < -0.39 is 7.82 Å². The molecule has 0 aliphatic heterocycles. The molecule has 1 atom stereocenters. The molecule has 7 nitrogen and oxygen atoms in total. The van der Waals surface area contributed by atoms with Gasteiger partial charge in [-0.1, -0.05) is 58.3 Å². The van der Waals surface area contributed by atoms with E-state index in [4.69, 9.17) is 30.7 Å². The summed E-state index contributed by atoms with van der Waals surface area (Å²) in [6.45, 7) is 4.33. The van der Waals surface area contributed by atoms with E-state index in [1.807, 2.05) is 0 Å². The first-order valence-corrected chi connectivity index (χ1v) is 9.10. The molecular weight excluding hydrogens is 293 g/mol. The molecule has 1 unspecified atom stereocenters. The highest BCUT2D eigenvalue weighted by Crippen LogP contribution is 2.25. The molecule has 0 bridgehead atoms. The highest BCUT2D eigenvalue weighted by molar-refractivity contribution is 7.45. The van der Waals surface area contributed by atoms with E-state index >= 15 is 0 Å². The van der Waals surface area contributed by atoms with Crippen LogP contribution in [0.15, 0.2) is 4.99 Å². The second-order valence-corrected chi connectivity index (χ2v) is 6.21. The van der Waals surface area contributed by atoms with Crippen LogP contribution in [-0.4, -0.2) is 26.7 Å². The zero-order valence-electron chi connectivity index (χ0n) is 13.2. The summed E-state index contributed by atoms with van der Waals surface area (Å²) < 4.78 is 8.88. The van der Waals surface area contributed by atoms with E-state index in [9.17, 15) is 0 Å². The first kappa shape index (κ1) is 22.7. The van der Waals surface area contributed by atoms with Gasteiger partial charge in [-0.3, -0.25) is 4.99 Å². The van der Waals surface area contributed by atoms with Crippen LogP contribution in [0.2, 0.25) is 0 Å². The number of hydrogen-bond donors (Lipinski definition) is 5. The topological polar surface area (TPSA) is 142 Å². The van der Waals surface area contributed by atoms with E-state index in [1.165, 1.54) is 51.4 Å². The average Bonchev–Trinajstić information content (AvgIpc) is 2.29. The molecule has 8 heteroatoms. The molecule has 0 rings (SSSR count). The summed E-state index contributed by atoms with van der Waals surface area (Å²) in [5.41, 5.74) is 10.6. The first-order valence-electron chi connectivity index (χ1n) is 7.53. The van der Waals surface area contributed by atoms with Crippen LogP contribution in [0.1, 0.15) is 71.6 Å². The van der Waals surface area contributed by atoms with Crippen molar-refractivity contribution in [2.45, 2.75) is 77.7 Å². The van der Waals surface area contributed by atoms with Gasteiger partial charge in [0.05, 0.1) is 6.04 Å². The maximum Gasteiger partial charge on any atom is 0.466 e. The molecule has 0 heterocycles. The minimum Gasteiger partial charge on any atom is -0.370 e. The zero-order valence-corrected chi connectivity index (χ0v) is 14.1. The van der Waals surface area contributed by atoms with Gasteiger partial charge in [0.2, 0.25) is 0 Å². The van der Waals surface area contributed by atoms with Gasteiger partial charge in [0.15, 0.2) is 5.96 Å². The third kappa shape index (κ3) is 32.7. The highest BCUT2D eigenvalue weighted by Gasteiger charge is 2.00. The molecule has 0 aliphatic carbocycles. The number of nitrogens with zero attached hydrogens (tertiary/aromatic N) is 1. The standard InChI is InChI=1S/C13H29N3.H3O4P/c1-3-4-5-6-7-8-9-10-11-12(2)16-13(14)15;1-5(2,3)4/h12H,3-11H2,1-2H3,(H4,14,15,16);(H3,1,2,3,4). The molecule has 21 heavy (non-hydrogen) atoms. The second-order valence-electron chi connectivity index (χ2n) is 5.18. The maximum absolute atomic E-state index is 8.88. The molecule has 7 N–H and O–H groups in total. The van der Waals surface area contributed by atoms with Crippen molar-refractivity contribution in [1.82, 2.24) is 0 Å². The van der Waals surface area contributed by atoms with Crippen LogP contribution < -0.4 is 11.5 Å². The molecule has 0 aromatic heterocycles. The van der Waals surface area contributed by atoms with Crippen LogP contribution >= 0.6 is 7.82 Å². The molecule has 0 aromatic rings. The first-order chi connectivity index (χ1) is 9.66. The number of rotatable bonds is 10. The van der Waals surface area contributed by atoms with Crippen LogP contribution in [0.5, 0.6) is 0 Å². The molecule has 0 saturated heterocycles. The van der Waals surface area contributed by atoms with E-state index in [2.05, 4.69) is 18.8 Å². The van der Waals surface area contributed by atoms with Crippen molar-refractivity contribution in [3.63, 3.8) is 0 Å². The Morgan fingerprint density at radius 2 is 1.38 bits per heavy atom. The Morgan fingerprint density at radius 1 is 1.00 bits per heavy atom. The van der Waals surface area contributed by atoms with Crippen molar-refractivity contribution in [3.8, 4) is 0 Å². The van der Waals surface area contributed by atoms with E-state index in [0.717, 1.165) is 6.42 Å². The number of nitrogens with two attached hydrogens (primary N) is 2. The Bertz CT molecular complexity index is 296. The van der Waals surface area contributed by atoms with Crippen LogP contribution in [0.3, 0.4) is 0 Å². The summed E-state index contributed by atoms with van der Waals surface area (Å²) in [7, 11) is -4.64. The molecular formula is C13H32N3O4P. The summed E-state index contributed by atoms with van der Waals surface area (Å²) in [5, 5.41) is 0. The van der Waals surface area contributed by atoms with Gasteiger partial charge in [-0.15, -0.1) is 0 Å². The molecule has 0 aliphatic rings.